The second-order valence-electron chi connectivity index (χ2n) is 3.30. The molecule has 0 saturated heterocycles. The van der Waals surface area contributed by atoms with E-state index in [9.17, 15) is 19.1 Å². The molecule has 0 bridgehead atoms. The molecule has 0 saturated carbocycles. The number of Topliss-reactive ketones (excluding diaryl/α,β-unsaturated/α-hetero) is 2. The summed E-state index contributed by atoms with van der Waals surface area (Å²) in [5.74, 6) is -2.05. The maximum atomic E-state index is 12.9. The number of ketones is 2. The number of halogens is 1. The van der Waals surface area contributed by atoms with Crippen molar-refractivity contribution in [1.29, 1.82) is 0 Å². The van der Waals surface area contributed by atoms with E-state index in [1.54, 1.807) is 0 Å². The number of fused-ring (bicyclic) bond motifs is 1. The average Bonchev–Trinajstić information content (AvgIpc) is 2.39. The summed E-state index contributed by atoms with van der Waals surface area (Å²) in [6, 6.07) is 3.42. The summed E-state index contributed by atoms with van der Waals surface area (Å²) in [4.78, 5) is 22.7. The Morgan fingerprint density at radius 2 is 2.00 bits per heavy atom. The van der Waals surface area contributed by atoms with E-state index in [4.69, 9.17) is 0 Å². The van der Waals surface area contributed by atoms with Crippen LogP contribution in [0.5, 0.6) is 0 Å². The van der Waals surface area contributed by atoms with E-state index in [2.05, 4.69) is 0 Å². The van der Waals surface area contributed by atoms with Gasteiger partial charge >= 0.3 is 0 Å². The number of aliphatic hydroxyl groups is 1. The monoisotopic (exact) mass is 206 g/mol. The molecule has 0 radical (unpaired) electrons. The Balaban J connectivity index is 2.70. The zero-order valence-corrected chi connectivity index (χ0v) is 7.87. The van der Waals surface area contributed by atoms with Crippen LogP contribution in [0, 0.1) is 5.82 Å². The molecule has 1 aromatic rings. The average molecular weight is 206 g/mol. The molecule has 1 aliphatic carbocycles. The predicted molar refractivity (Wildman–Crippen MR) is 51.0 cm³/mol. The van der Waals surface area contributed by atoms with Gasteiger partial charge in [-0.1, -0.05) is 0 Å². The molecular formula is C11H7FO3. The topological polar surface area (TPSA) is 54.4 Å². The molecule has 0 aromatic heterocycles. The molecule has 0 spiro atoms. The van der Waals surface area contributed by atoms with Gasteiger partial charge in [0.25, 0.3) is 0 Å². The third kappa shape index (κ3) is 1.26. The van der Waals surface area contributed by atoms with E-state index >= 15 is 0 Å². The zero-order chi connectivity index (χ0) is 11.2. The van der Waals surface area contributed by atoms with E-state index in [1.807, 2.05) is 0 Å². The van der Waals surface area contributed by atoms with Gasteiger partial charge in [0.2, 0.25) is 5.78 Å². The van der Waals surface area contributed by atoms with Gasteiger partial charge < -0.3 is 5.11 Å². The molecule has 0 amide bonds. The Morgan fingerprint density at radius 1 is 1.33 bits per heavy atom. The first kappa shape index (κ1) is 9.58. The maximum absolute atomic E-state index is 12.9. The van der Waals surface area contributed by atoms with Crippen LogP contribution in [0.4, 0.5) is 4.39 Å². The van der Waals surface area contributed by atoms with Crippen LogP contribution in [-0.2, 0) is 4.79 Å². The third-order valence-corrected chi connectivity index (χ3v) is 2.30. The first-order chi connectivity index (χ1) is 7.02. The lowest BCUT2D eigenvalue weighted by Gasteiger charge is -1.97. The lowest BCUT2D eigenvalue weighted by molar-refractivity contribution is -0.113. The van der Waals surface area contributed by atoms with Crippen LogP contribution in [0.2, 0.25) is 0 Å². The fraction of sp³-hybridized carbons (Fsp3) is 0.0909. The van der Waals surface area contributed by atoms with Crippen molar-refractivity contribution in [3.63, 3.8) is 0 Å². The SMILES string of the molecule is CC(=O)C1=C(O)c2cc(F)ccc2C1=O. The molecule has 15 heavy (non-hydrogen) atoms. The lowest BCUT2D eigenvalue weighted by atomic mass is 10.1. The van der Waals surface area contributed by atoms with Crippen LogP contribution in [0.1, 0.15) is 22.8 Å². The van der Waals surface area contributed by atoms with Crippen molar-refractivity contribution >= 4 is 17.3 Å². The second kappa shape index (κ2) is 3.02. The highest BCUT2D eigenvalue weighted by atomic mass is 19.1. The second-order valence-corrected chi connectivity index (χ2v) is 3.30. The van der Waals surface area contributed by atoms with E-state index < -0.39 is 23.1 Å². The number of rotatable bonds is 1. The molecule has 1 aromatic carbocycles. The predicted octanol–water partition coefficient (Wildman–Crippen LogP) is 1.88. The molecule has 1 aliphatic rings. The van der Waals surface area contributed by atoms with Crippen LogP contribution in [0.15, 0.2) is 23.8 Å². The molecule has 0 heterocycles. The van der Waals surface area contributed by atoms with Crippen LogP contribution >= 0.6 is 0 Å². The highest BCUT2D eigenvalue weighted by Crippen LogP contribution is 2.31. The highest BCUT2D eigenvalue weighted by molar-refractivity contribution is 6.33. The van der Waals surface area contributed by atoms with Crippen LogP contribution in [-0.4, -0.2) is 16.7 Å². The van der Waals surface area contributed by atoms with E-state index in [-0.39, 0.29) is 16.7 Å². The van der Waals surface area contributed by atoms with Crippen molar-refractivity contribution in [2.75, 3.05) is 0 Å². The molecule has 0 fully saturated rings. The third-order valence-electron chi connectivity index (χ3n) is 2.30. The number of hydrogen-bond acceptors (Lipinski definition) is 3. The van der Waals surface area contributed by atoms with Gasteiger partial charge in [-0.05, 0) is 25.1 Å². The first-order valence-corrected chi connectivity index (χ1v) is 4.31. The Labute approximate surface area is 84.8 Å². The van der Waals surface area contributed by atoms with Gasteiger partial charge in [-0.3, -0.25) is 9.59 Å². The summed E-state index contributed by atoms with van der Waals surface area (Å²) in [6.07, 6.45) is 0. The van der Waals surface area contributed by atoms with E-state index in [1.165, 1.54) is 13.0 Å². The largest absolute Gasteiger partial charge is 0.506 e. The first-order valence-electron chi connectivity index (χ1n) is 4.31. The molecule has 0 aliphatic heterocycles. The molecule has 76 valence electrons. The summed E-state index contributed by atoms with van der Waals surface area (Å²) in [7, 11) is 0. The normalized spacial score (nSPS) is 14.4. The van der Waals surface area contributed by atoms with Gasteiger partial charge in [0.05, 0.1) is 0 Å². The Morgan fingerprint density at radius 3 is 2.60 bits per heavy atom. The van der Waals surface area contributed by atoms with Crippen LogP contribution in [0.25, 0.3) is 5.76 Å². The number of hydrogen-bond donors (Lipinski definition) is 1. The van der Waals surface area contributed by atoms with Gasteiger partial charge in [0, 0.05) is 11.1 Å². The van der Waals surface area contributed by atoms with Crippen molar-refractivity contribution in [2.45, 2.75) is 6.92 Å². The number of carbonyl (C=O) groups is 2. The maximum Gasteiger partial charge on any atom is 0.201 e. The number of aliphatic hydroxyl groups excluding tert-OH is 1. The van der Waals surface area contributed by atoms with Crippen molar-refractivity contribution in [3.05, 3.63) is 40.7 Å². The fourth-order valence-corrected chi connectivity index (χ4v) is 1.61. The van der Waals surface area contributed by atoms with Gasteiger partial charge in [-0.15, -0.1) is 0 Å². The summed E-state index contributed by atoms with van der Waals surface area (Å²) >= 11 is 0. The Kier molecular flexibility index (Phi) is 1.93. The minimum atomic E-state index is -0.557. The fourth-order valence-electron chi connectivity index (χ4n) is 1.61. The summed E-state index contributed by atoms with van der Waals surface area (Å²) in [6.45, 7) is 1.19. The minimum Gasteiger partial charge on any atom is -0.506 e. The van der Waals surface area contributed by atoms with Gasteiger partial charge in [-0.25, -0.2) is 4.39 Å². The Bertz CT molecular complexity index is 515. The lowest BCUT2D eigenvalue weighted by Crippen LogP contribution is -2.06. The number of benzene rings is 1. The standard InChI is InChI=1S/C11H7FO3/c1-5(13)9-10(14)7-3-2-6(12)4-8(7)11(9)15/h2-4,15H,1H3. The molecule has 2 rings (SSSR count). The van der Waals surface area contributed by atoms with Crippen molar-refractivity contribution < 1.29 is 19.1 Å². The van der Waals surface area contributed by atoms with Gasteiger partial charge in [-0.2, -0.15) is 0 Å². The Hall–Kier alpha value is -1.97. The van der Waals surface area contributed by atoms with Crippen molar-refractivity contribution in [3.8, 4) is 0 Å². The van der Waals surface area contributed by atoms with Crippen LogP contribution in [0.3, 0.4) is 0 Å². The number of allylic oxidation sites excluding steroid dienone is 1. The van der Waals surface area contributed by atoms with Crippen molar-refractivity contribution in [1.82, 2.24) is 0 Å². The molecule has 0 atom stereocenters. The highest BCUT2D eigenvalue weighted by Gasteiger charge is 2.32. The molecule has 4 heteroatoms. The molecule has 3 nitrogen and oxygen atoms in total. The molecular weight excluding hydrogens is 199 g/mol. The van der Waals surface area contributed by atoms with E-state index in [0.717, 1.165) is 12.1 Å². The zero-order valence-electron chi connectivity index (χ0n) is 7.87. The molecule has 0 unspecified atom stereocenters. The molecule has 1 N–H and O–H groups in total. The summed E-state index contributed by atoms with van der Waals surface area (Å²) < 4.78 is 12.9. The van der Waals surface area contributed by atoms with Gasteiger partial charge in [0.15, 0.2) is 5.78 Å². The summed E-state index contributed by atoms with van der Waals surface area (Å²) in [5, 5.41) is 9.58. The summed E-state index contributed by atoms with van der Waals surface area (Å²) in [5.41, 5.74) is -0.0140. The van der Waals surface area contributed by atoms with E-state index in [0.29, 0.717) is 0 Å². The van der Waals surface area contributed by atoms with Gasteiger partial charge in [0.1, 0.15) is 17.1 Å². The van der Waals surface area contributed by atoms with Crippen molar-refractivity contribution in [2.24, 2.45) is 0 Å². The number of carbonyl (C=O) groups excluding carboxylic acids is 2. The quantitative estimate of drug-likeness (QED) is 0.713. The smallest absolute Gasteiger partial charge is 0.201 e. The van der Waals surface area contributed by atoms with Crippen LogP contribution < -0.4 is 0 Å². The minimum absolute atomic E-state index is 0.0881.